The fourth-order valence-electron chi connectivity index (χ4n) is 2.19. The monoisotopic (exact) mass is 334 g/mol. The normalized spacial score (nSPS) is 22.4. The number of hydrogen-bond donors (Lipinski definition) is 2. The summed E-state index contributed by atoms with van der Waals surface area (Å²) < 4.78 is 28.1. The number of nitrogens with one attached hydrogen (secondary N) is 2. The number of hydrogen-bond acceptors (Lipinski definition) is 5. The molecule has 0 saturated carbocycles. The summed E-state index contributed by atoms with van der Waals surface area (Å²) >= 11 is 0. The molecule has 2 atom stereocenters. The molecule has 2 N–H and O–H groups in total. The number of guanidine groups is 1. The largest absolute Gasteiger partial charge is 0.374 e. The van der Waals surface area contributed by atoms with Crippen LogP contribution >= 0.6 is 0 Å². The van der Waals surface area contributed by atoms with Crippen LogP contribution in [0.25, 0.3) is 0 Å². The van der Waals surface area contributed by atoms with Crippen molar-refractivity contribution < 1.29 is 13.2 Å². The molecule has 0 amide bonds. The number of likely N-dealkylation sites (N-methyl/N-ethyl adjacent to an activating group) is 1. The van der Waals surface area contributed by atoms with Gasteiger partial charge in [0.05, 0.1) is 25.0 Å². The molecule has 1 fully saturated rings. The summed E-state index contributed by atoms with van der Waals surface area (Å²) in [5.74, 6) is 0.886. The highest BCUT2D eigenvalue weighted by Crippen LogP contribution is 2.03. The summed E-state index contributed by atoms with van der Waals surface area (Å²) in [6.45, 7) is 7.90. The van der Waals surface area contributed by atoms with Crippen LogP contribution < -0.4 is 10.6 Å². The Labute approximate surface area is 134 Å². The molecule has 0 radical (unpaired) electrons. The van der Waals surface area contributed by atoms with Gasteiger partial charge >= 0.3 is 0 Å². The van der Waals surface area contributed by atoms with Crippen LogP contribution in [0.1, 0.15) is 20.3 Å². The first kappa shape index (κ1) is 19.2. The maximum absolute atomic E-state index is 11.2. The molecule has 130 valence electrons. The molecule has 22 heavy (non-hydrogen) atoms. The van der Waals surface area contributed by atoms with E-state index in [9.17, 15) is 8.42 Å². The van der Waals surface area contributed by atoms with E-state index < -0.39 is 9.84 Å². The van der Waals surface area contributed by atoms with E-state index in [1.54, 1.807) is 0 Å². The third-order valence-corrected chi connectivity index (χ3v) is 4.42. The van der Waals surface area contributed by atoms with Crippen LogP contribution in [0.2, 0.25) is 0 Å². The highest BCUT2D eigenvalue weighted by Gasteiger charge is 2.17. The zero-order chi connectivity index (χ0) is 16.6. The van der Waals surface area contributed by atoms with Crippen molar-refractivity contribution in [2.75, 3.05) is 51.8 Å². The average Bonchev–Trinajstić information content (AvgIpc) is 2.42. The Bertz CT molecular complexity index is 453. The van der Waals surface area contributed by atoms with Gasteiger partial charge in [0.15, 0.2) is 5.96 Å². The highest BCUT2D eigenvalue weighted by molar-refractivity contribution is 7.90. The van der Waals surface area contributed by atoms with Gasteiger partial charge in [0.2, 0.25) is 0 Å². The van der Waals surface area contributed by atoms with Crippen LogP contribution in [-0.4, -0.2) is 83.3 Å². The van der Waals surface area contributed by atoms with E-state index in [-0.39, 0.29) is 17.9 Å². The summed E-state index contributed by atoms with van der Waals surface area (Å²) in [5, 5.41) is 6.43. The Balaban J connectivity index is 2.47. The van der Waals surface area contributed by atoms with E-state index in [0.717, 1.165) is 26.2 Å². The molecule has 1 saturated heterocycles. The zero-order valence-electron chi connectivity index (χ0n) is 14.1. The molecule has 0 aromatic carbocycles. The minimum atomic E-state index is -2.93. The fourth-order valence-corrected chi connectivity index (χ4v) is 2.97. The van der Waals surface area contributed by atoms with Gasteiger partial charge in [-0.2, -0.15) is 0 Å². The van der Waals surface area contributed by atoms with E-state index in [0.29, 0.717) is 18.9 Å². The molecule has 1 heterocycles. The molecule has 0 aromatic heterocycles. The maximum atomic E-state index is 11.2. The van der Waals surface area contributed by atoms with Crippen molar-refractivity contribution in [3.63, 3.8) is 0 Å². The number of nitrogens with zero attached hydrogens (tertiary/aromatic N) is 2. The second-order valence-corrected chi connectivity index (χ2v) is 8.20. The molecule has 2 unspecified atom stereocenters. The van der Waals surface area contributed by atoms with E-state index in [1.165, 1.54) is 6.26 Å². The van der Waals surface area contributed by atoms with Crippen LogP contribution in [0.15, 0.2) is 4.99 Å². The maximum Gasteiger partial charge on any atom is 0.191 e. The Kier molecular flexibility index (Phi) is 8.13. The first-order valence-corrected chi connectivity index (χ1v) is 9.89. The van der Waals surface area contributed by atoms with Gasteiger partial charge in [-0.05, 0) is 27.3 Å². The number of morpholine rings is 1. The number of aliphatic imine (C=N–C) groups is 1. The van der Waals surface area contributed by atoms with Gasteiger partial charge in [0.1, 0.15) is 9.84 Å². The van der Waals surface area contributed by atoms with Gasteiger partial charge < -0.3 is 20.3 Å². The molecule has 8 heteroatoms. The Morgan fingerprint density at radius 1 is 1.50 bits per heavy atom. The van der Waals surface area contributed by atoms with Gasteiger partial charge in [-0.15, -0.1) is 0 Å². The Hall–Kier alpha value is -0.860. The van der Waals surface area contributed by atoms with Crippen molar-refractivity contribution in [3.05, 3.63) is 0 Å². The topological polar surface area (TPSA) is 83.0 Å². The van der Waals surface area contributed by atoms with E-state index in [2.05, 4.69) is 27.6 Å². The number of ether oxygens (including phenoxy) is 1. The van der Waals surface area contributed by atoms with E-state index in [4.69, 9.17) is 4.74 Å². The van der Waals surface area contributed by atoms with E-state index in [1.807, 2.05) is 13.8 Å². The molecule has 7 nitrogen and oxygen atoms in total. The lowest BCUT2D eigenvalue weighted by molar-refractivity contribution is -0.0136. The minimum absolute atomic E-state index is 0.0440. The first-order valence-electron chi connectivity index (χ1n) is 7.83. The van der Waals surface area contributed by atoms with Crippen LogP contribution in [0, 0.1) is 0 Å². The predicted molar refractivity (Wildman–Crippen MR) is 90.1 cm³/mol. The lowest BCUT2D eigenvalue weighted by Crippen LogP contribution is -2.45. The van der Waals surface area contributed by atoms with Crippen molar-refractivity contribution >= 4 is 15.8 Å². The molecule has 0 aliphatic carbocycles. The first-order chi connectivity index (χ1) is 10.3. The summed E-state index contributed by atoms with van der Waals surface area (Å²) in [5.41, 5.74) is 0. The third-order valence-electron chi connectivity index (χ3n) is 3.44. The average molecular weight is 334 g/mol. The predicted octanol–water partition coefficient (Wildman–Crippen LogP) is -0.305. The van der Waals surface area contributed by atoms with Gasteiger partial charge in [0.25, 0.3) is 0 Å². The molecule has 0 bridgehead atoms. The minimum Gasteiger partial charge on any atom is -0.374 e. The lowest BCUT2D eigenvalue weighted by Gasteiger charge is -2.29. The van der Waals surface area contributed by atoms with Crippen molar-refractivity contribution in [3.8, 4) is 0 Å². The summed E-state index contributed by atoms with van der Waals surface area (Å²) in [7, 11) is -0.849. The van der Waals surface area contributed by atoms with Gasteiger partial charge in [-0.3, -0.25) is 4.99 Å². The van der Waals surface area contributed by atoms with Gasteiger partial charge in [-0.25, -0.2) is 8.42 Å². The van der Waals surface area contributed by atoms with E-state index >= 15 is 0 Å². The Morgan fingerprint density at radius 3 is 2.82 bits per heavy atom. The summed E-state index contributed by atoms with van der Waals surface area (Å²) in [6.07, 6.45) is 1.93. The number of sulfone groups is 1. The second kappa shape index (κ2) is 9.32. The summed E-state index contributed by atoms with van der Waals surface area (Å²) in [4.78, 5) is 6.78. The van der Waals surface area contributed by atoms with Crippen molar-refractivity contribution in [2.45, 2.75) is 32.4 Å². The highest BCUT2D eigenvalue weighted by atomic mass is 32.2. The molecule has 1 aliphatic heterocycles. The van der Waals surface area contributed by atoms with Crippen LogP contribution in [-0.2, 0) is 14.6 Å². The Morgan fingerprint density at radius 2 is 2.23 bits per heavy atom. The smallest absolute Gasteiger partial charge is 0.191 e. The quantitative estimate of drug-likeness (QED) is 0.491. The molecule has 1 aliphatic rings. The SMILES string of the molecule is CCNC(=NCC1CN(C)CCO1)NC(C)CCS(C)(=O)=O. The third kappa shape index (κ3) is 8.55. The molecule has 1 rings (SSSR count). The van der Waals surface area contributed by atoms with Gasteiger partial charge in [0, 0.05) is 31.9 Å². The molecular weight excluding hydrogens is 304 g/mol. The fraction of sp³-hybridized carbons (Fsp3) is 0.929. The molecule has 0 spiro atoms. The second-order valence-electron chi connectivity index (χ2n) is 5.94. The molecular formula is C14H30N4O3S. The molecule has 0 aromatic rings. The lowest BCUT2D eigenvalue weighted by atomic mass is 10.2. The van der Waals surface area contributed by atoms with Crippen molar-refractivity contribution in [2.24, 2.45) is 4.99 Å². The standard InChI is InChI=1S/C14H30N4O3S/c1-5-15-14(17-12(2)6-9-22(4,19)20)16-10-13-11-18(3)7-8-21-13/h12-13H,5-11H2,1-4H3,(H2,15,16,17). The summed E-state index contributed by atoms with van der Waals surface area (Å²) in [6, 6.07) is 0.0440. The van der Waals surface area contributed by atoms with Crippen LogP contribution in [0.4, 0.5) is 0 Å². The van der Waals surface area contributed by atoms with Gasteiger partial charge in [-0.1, -0.05) is 0 Å². The van der Waals surface area contributed by atoms with Crippen molar-refractivity contribution in [1.82, 2.24) is 15.5 Å². The van der Waals surface area contributed by atoms with Crippen LogP contribution in [0.3, 0.4) is 0 Å². The number of rotatable bonds is 7. The zero-order valence-corrected chi connectivity index (χ0v) is 14.9. The van der Waals surface area contributed by atoms with Crippen LogP contribution in [0.5, 0.6) is 0 Å². The van der Waals surface area contributed by atoms with Crippen molar-refractivity contribution in [1.29, 1.82) is 0 Å².